The van der Waals surface area contributed by atoms with E-state index in [-0.39, 0.29) is 6.10 Å². The van der Waals surface area contributed by atoms with Gasteiger partial charge < -0.3 is 15.2 Å². The summed E-state index contributed by atoms with van der Waals surface area (Å²) in [6, 6.07) is 0. The number of hydrogen-bond acceptors (Lipinski definition) is 3. The molecule has 0 aromatic heterocycles. The molecule has 86 valence electrons. The van der Waals surface area contributed by atoms with E-state index in [1.807, 2.05) is 0 Å². The van der Waals surface area contributed by atoms with Crippen LogP contribution in [0, 0.1) is 0 Å². The molecule has 2 rings (SSSR count). The van der Waals surface area contributed by atoms with Gasteiger partial charge in [-0.15, -0.1) is 0 Å². The minimum absolute atomic E-state index is 0.145. The zero-order valence-corrected chi connectivity index (χ0v) is 9.00. The Bertz CT molecular complexity index is 230. The van der Waals surface area contributed by atoms with E-state index in [9.17, 15) is 9.90 Å². The molecule has 0 aromatic carbocycles. The first-order valence-electron chi connectivity index (χ1n) is 5.83. The number of ether oxygens (including phenoxy) is 1. The number of piperidine rings is 1. The van der Waals surface area contributed by atoms with E-state index in [4.69, 9.17) is 4.74 Å². The summed E-state index contributed by atoms with van der Waals surface area (Å²) in [5.74, 6) is -0.710. The zero-order valence-electron chi connectivity index (χ0n) is 9.00. The highest BCUT2D eigenvalue weighted by atomic mass is 16.5. The van der Waals surface area contributed by atoms with Gasteiger partial charge in [-0.25, -0.2) is 0 Å². The summed E-state index contributed by atoms with van der Waals surface area (Å²) >= 11 is 0. The Morgan fingerprint density at radius 2 is 2.33 bits per heavy atom. The Kier molecular flexibility index (Phi) is 3.26. The second kappa shape index (κ2) is 4.49. The van der Waals surface area contributed by atoms with Gasteiger partial charge >= 0.3 is 5.97 Å². The van der Waals surface area contributed by atoms with Crippen molar-refractivity contribution in [2.45, 2.75) is 50.2 Å². The van der Waals surface area contributed by atoms with Gasteiger partial charge in [0.15, 0.2) is 0 Å². The van der Waals surface area contributed by atoms with Crippen LogP contribution in [-0.4, -0.2) is 35.9 Å². The van der Waals surface area contributed by atoms with Crippen LogP contribution in [0.4, 0.5) is 0 Å². The quantitative estimate of drug-likeness (QED) is 0.738. The second-order valence-electron chi connectivity index (χ2n) is 4.61. The van der Waals surface area contributed by atoms with Crippen molar-refractivity contribution >= 4 is 5.97 Å². The highest BCUT2D eigenvalue weighted by molar-refractivity contribution is 5.79. The van der Waals surface area contributed by atoms with Gasteiger partial charge in [-0.05, 0) is 38.6 Å². The SMILES string of the molecule is O=C(O)C1(CC2CCCO2)CCCCN1. The van der Waals surface area contributed by atoms with E-state index < -0.39 is 11.5 Å². The molecule has 2 atom stereocenters. The fourth-order valence-corrected chi connectivity index (χ4v) is 2.61. The third-order valence-corrected chi connectivity index (χ3v) is 3.50. The smallest absolute Gasteiger partial charge is 0.323 e. The van der Waals surface area contributed by atoms with Crippen LogP contribution >= 0.6 is 0 Å². The Morgan fingerprint density at radius 1 is 1.47 bits per heavy atom. The second-order valence-corrected chi connectivity index (χ2v) is 4.61. The lowest BCUT2D eigenvalue weighted by molar-refractivity contribution is -0.147. The molecule has 2 unspecified atom stereocenters. The summed E-state index contributed by atoms with van der Waals surface area (Å²) < 4.78 is 5.53. The molecule has 15 heavy (non-hydrogen) atoms. The summed E-state index contributed by atoms with van der Waals surface area (Å²) in [7, 11) is 0. The molecule has 2 aliphatic rings. The van der Waals surface area contributed by atoms with E-state index in [2.05, 4.69) is 5.32 Å². The number of carboxylic acid groups (broad SMARTS) is 1. The number of aliphatic carboxylic acids is 1. The van der Waals surface area contributed by atoms with Crippen LogP contribution in [0.1, 0.15) is 38.5 Å². The minimum atomic E-state index is -0.715. The molecule has 0 aromatic rings. The Morgan fingerprint density at radius 3 is 2.87 bits per heavy atom. The van der Waals surface area contributed by atoms with E-state index in [1.54, 1.807) is 0 Å². The first-order chi connectivity index (χ1) is 7.23. The standard InChI is InChI=1S/C11H19NO3/c13-10(14)11(5-1-2-6-12-11)8-9-4-3-7-15-9/h9,12H,1-8H2,(H,13,14). The number of nitrogens with one attached hydrogen (secondary N) is 1. The van der Waals surface area contributed by atoms with Crippen molar-refractivity contribution < 1.29 is 14.6 Å². The van der Waals surface area contributed by atoms with Gasteiger partial charge in [-0.1, -0.05) is 0 Å². The van der Waals surface area contributed by atoms with Gasteiger partial charge in [0.05, 0.1) is 6.10 Å². The molecule has 0 aliphatic carbocycles. The van der Waals surface area contributed by atoms with Crippen molar-refractivity contribution in [3.63, 3.8) is 0 Å². The lowest BCUT2D eigenvalue weighted by atomic mass is 9.83. The Hall–Kier alpha value is -0.610. The van der Waals surface area contributed by atoms with Gasteiger partial charge in [-0.3, -0.25) is 4.79 Å². The Balaban J connectivity index is 2.00. The maximum absolute atomic E-state index is 11.3. The lowest BCUT2D eigenvalue weighted by Crippen LogP contribution is -2.56. The van der Waals surface area contributed by atoms with Crippen LogP contribution in [0.25, 0.3) is 0 Å². The number of carbonyl (C=O) groups is 1. The maximum atomic E-state index is 11.3. The van der Waals surface area contributed by atoms with E-state index in [1.165, 1.54) is 0 Å². The van der Waals surface area contributed by atoms with Crippen LogP contribution < -0.4 is 5.32 Å². The van der Waals surface area contributed by atoms with E-state index in [0.29, 0.717) is 6.42 Å². The van der Waals surface area contributed by atoms with Crippen LogP contribution in [-0.2, 0) is 9.53 Å². The van der Waals surface area contributed by atoms with Crippen LogP contribution in [0.2, 0.25) is 0 Å². The summed E-state index contributed by atoms with van der Waals surface area (Å²) in [6.45, 7) is 1.61. The van der Waals surface area contributed by atoms with Gasteiger partial charge in [0.25, 0.3) is 0 Å². The molecule has 2 aliphatic heterocycles. The topological polar surface area (TPSA) is 58.6 Å². The van der Waals surface area contributed by atoms with Crippen molar-refractivity contribution in [3.8, 4) is 0 Å². The molecule has 0 radical (unpaired) electrons. The summed E-state index contributed by atoms with van der Waals surface area (Å²) in [6.07, 6.45) is 5.68. The average molecular weight is 213 g/mol. The molecule has 0 amide bonds. The highest BCUT2D eigenvalue weighted by Gasteiger charge is 2.42. The third kappa shape index (κ3) is 2.32. The van der Waals surface area contributed by atoms with Crippen molar-refractivity contribution in [2.24, 2.45) is 0 Å². The summed E-state index contributed by atoms with van der Waals surface area (Å²) in [5, 5.41) is 12.5. The predicted octanol–water partition coefficient (Wildman–Crippen LogP) is 1.15. The fourth-order valence-electron chi connectivity index (χ4n) is 2.61. The van der Waals surface area contributed by atoms with Crippen LogP contribution in [0.5, 0.6) is 0 Å². The molecule has 2 saturated heterocycles. The molecule has 2 fully saturated rings. The van der Waals surface area contributed by atoms with Crippen LogP contribution in [0.3, 0.4) is 0 Å². The predicted molar refractivity (Wildman–Crippen MR) is 55.8 cm³/mol. The number of rotatable bonds is 3. The normalized spacial score (nSPS) is 36.7. The molecule has 0 bridgehead atoms. The molecule has 2 N–H and O–H groups in total. The van der Waals surface area contributed by atoms with Gasteiger partial charge in [0.1, 0.15) is 5.54 Å². The van der Waals surface area contributed by atoms with Crippen LogP contribution in [0.15, 0.2) is 0 Å². The lowest BCUT2D eigenvalue weighted by Gasteiger charge is -2.36. The summed E-state index contributed by atoms with van der Waals surface area (Å²) in [5.41, 5.74) is -0.715. The molecular weight excluding hydrogens is 194 g/mol. The zero-order chi connectivity index (χ0) is 10.7. The van der Waals surface area contributed by atoms with Crippen molar-refractivity contribution in [3.05, 3.63) is 0 Å². The largest absolute Gasteiger partial charge is 0.480 e. The van der Waals surface area contributed by atoms with E-state index >= 15 is 0 Å². The number of carboxylic acids is 1. The highest BCUT2D eigenvalue weighted by Crippen LogP contribution is 2.29. The first-order valence-corrected chi connectivity index (χ1v) is 5.83. The molecule has 0 saturated carbocycles. The van der Waals surface area contributed by atoms with Gasteiger partial charge in [0, 0.05) is 13.0 Å². The minimum Gasteiger partial charge on any atom is -0.480 e. The van der Waals surface area contributed by atoms with Crippen molar-refractivity contribution in [1.29, 1.82) is 0 Å². The van der Waals surface area contributed by atoms with Gasteiger partial charge in [0.2, 0.25) is 0 Å². The molecule has 4 heteroatoms. The fraction of sp³-hybridized carbons (Fsp3) is 0.909. The summed E-state index contributed by atoms with van der Waals surface area (Å²) in [4.78, 5) is 11.3. The number of hydrogen-bond donors (Lipinski definition) is 2. The molecule has 2 heterocycles. The van der Waals surface area contributed by atoms with Gasteiger partial charge in [-0.2, -0.15) is 0 Å². The maximum Gasteiger partial charge on any atom is 0.323 e. The van der Waals surface area contributed by atoms with Crippen molar-refractivity contribution in [1.82, 2.24) is 5.32 Å². The monoisotopic (exact) mass is 213 g/mol. The van der Waals surface area contributed by atoms with Crippen molar-refractivity contribution in [2.75, 3.05) is 13.2 Å². The molecule has 0 spiro atoms. The molecular formula is C11H19NO3. The third-order valence-electron chi connectivity index (χ3n) is 3.50. The molecule has 4 nitrogen and oxygen atoms in total. The average Bonchev–Trinajstić information content (AvgIpc) is 2.71. The Labute approximate surface area is 90.0 Å². The van der Waals surface area contributed by atoms with E-state index in [0.717, 1.165) is 45.3 Å². The first kappa shape index (κ1) is 10.9.